The molecule has 0 unspecified atom stereocenters. The molecule has 18 heavy (non-hydrogen) atoms. The van der Waals surface area contributed by atoms with Crippen LogP contribution in [0.1, 0.15) is 35.6 Å². The van der Waals surface area contributed by atoms with Crippen LogP contribution in [0.15, 0.2) is 12.0 Å². The van der Waals surface area contributed by atoms with Crippen LogP contribution >= 0.6 is 0 Å². The minimum atomic E-state index is -3.42. The second-order valence-corrected chi connectivity index (χ2v) is 6.10. The summed E-state index contributed by atoms with van der Waals surface area (Å²) in [5.74, 6) is 0.526. The summed E-state index contributed by atoms with van der Waals surface area (Å²) >= 11 is 0. The molecule has 0 spiro atoms. The molecule has 0 aromatic carbocycles. The summed E-state index contributed by atoms with van der Waals surface area (Å²) in [6.45, 7) is 5.31. The summed E-state index contributed by atoms with van der Waals surface area (Å²) < 4.78 is 24.9. The zero-order valence-electron chi connectivity index (χ0n) is 10.4. The van der Waals surface area contributed by atoms with Gasteiger partial charge in [-0.05, 0) is 38.2 Å². The first-order valence-electron chi connectivity index (χ1n) is 5.99. The number of rotatable bonds is 4. The monoisotopic (exact) mass is 267 g/mol. The number of aryl methyl sites for hydroxylation is 2. The molecule has 0 radical (unpaired) electrons. The highest BCUT2D eigenvalue weighted by Gasteiger charge is 2.16. The molecule has 0 saturated heterocycles. The van der Waals surface area contributed by atoms with Crippen molar-refractivity contribution < 1.29 is 8.42 Å². The average molecular weight is 267 g/mol. The fourth-order valence-corrected chi connectivity index (χ4v) is 2.60. The smallest absolute Gasteiger partial charge is 0.233 e. The Morgan fingerprint density at radius 1 is 1.33 bits per heavy atom. The fraction of sp³-hybridized carbons (Fsp3) is 0.500. The van der Waals surface area contributed by atoms with E-state index in [-0.39, 0.29) is 6.54 Å². The summed E-state index contributed by atoms with van der Waals surface area (Å²) in [5.41, 5.74) is 3.27. The zero-order valence-corrected chi connectivity index (χ0v) is 11.3. The quantitative estimate of drug-likeness (QED) is 0.890. The highest BCUT2D eigenvalue weighted by Crippen LogP contribution is 2.21. The Labute approximate surface area is 107 Å². The van der Waals surface area contributed by atoms with E-state index >= 15 is 0 Å². The van der Waals surface area contributed by atoms with Crippen molar-refractivity contribution in [2.24, 2.45) is 0 Å². The lowest BCUT2D eigenvalue weighted by atomic mass is 9.95. The van der Waals surface area contributed by atoms with Gasteiger partial charge in [0.25, 0.3) is 0 Å². The molecule has 1 N–H and O–H groups in total. The number of hydrogen-bond donors (Lipinski definition) is 1. The maximum absolute atomic E-state index is 11.3. The summed E-state index contributed by atoms with van der Waals surface area (Å²) in [7, 11) is -3.42. The predicted octanol–water partition coefficient (Wildman–Crippen LogP) is 1.23. The Balaban J connectivity index is 2.20. The molecule has 0 aliphatic heterocycles. The first kappa shape index (κ1) is 13.2. The van der Waals surface area contributed by atoms with Crippen LogP contribution in [0.3, 0.4) is 0 Å². The average Bonchev–Trinajstić information content (AvgIpc) is 2.37. The van der Waals surface area contributed by atoms with Gasteiger partial charge in [-0.2, -0.15) is 0 Å². The maximum atomic E-state index is 11.3. The van der Waals surface area contributed by atoms with E-state index in [0.717, 1.165) is 36.1 Å². The van der Waals surface area contributed by atoms with E-state index in [2.05, 4.69) is 21.3 Å². The molecule has 98 valence electrons. The van der Waals surface area contributed by atoms with Crippen molar-refractivity contribution in [1.29, 1.82) is 0 Å². The zero-order chi connectivity index (χ0) is 13.2. The normalized spacial score (nSPS) is 15.2. The third-order valence-electron chi connectivity index (χ3n) is 3.09. The van der Waals surface area contributed by atoms with Gasteiger partial charge in [0.2, 0.25) is 10.0 Å². The topological polar surface area (TPSA) is 72.0 Å². The van der Waals surface area contributed by atoms with E-state index in [0.29, 0.717) is 5.82 Å². The van der Waals surface area contributed by atoms with Crippen molar-refractivity contribution in [3.63, 3.8) is 0 Å². The van der Waals surface area contributed by atoms with E-state index in [4.69, 9.17) is 0 Å². The van der Waals surface area contributed by atoms with Crippen LogP contribution in [0.25, 0.3) is 0 Å². The summed E-state index contributed by atoms with van der Waals surface area (Å²) in [5, 5.41) is 0.887. The molecule has 0 amide bonds. The van der Waals surface area contributed by atoms with Crippen molar-refractivity contribution in [2.75, 3.05) is 0 Å². The van der Waals surface area contributed by atoms with Gasteiger partial charge in [-0.15, -0.1) is 0 Å². The number of aromatic nitrogens is 2. The Morgan fingerprint density at radius 2 is 2.06 bits per heavy atom. The summed E-state index contributed by atoms with van der Waals surface area (Å²) in [4.78, 5) is 8.79. The van der Waals surface area contributed by atoms with Crippen molar-refractivity contribution >= 4 is 10.0 Å². The van der Waals surface area contributed by atoms with E-state index in [9.17, 15) is 8.42 Å². The third kappa shape index (κ3) is 2.94. The van der Waals surface area contributed by atoms with E-state index < -0.39 is 10.0 Å². The van der Waals surface area contributed by atoms with Crippen LogP contribution in [0.2, 0.25) is 0 Å². The van der Waals surface area contributed by atoms with Gasteiger partial charge >= 0.3 is 0 Å². The van der Waals surface area contributed by atoms with Crippen LogP contribution in [-0.4, -0.2) is 18.4 Å². The number of sulfonamides is 1. The van der Waals surface area contributed by atoms with Crippen molar-refractivity contribution in [2.45, 2.75) is 39.2 Å². The molecule has 1 aromatic rings. The standard InChI is InChI=1S/C12H17N3O2S/c1-3-18(16,17)13-8-12-14-9(2)10-6-4-5-7-11(10)15-12/h3,13H,1,4-8H2,2H3. The molecule has 1 aliphatic carbocycles. The predicted molar refractivity (Wildman–Crippen MR) is 69.4 cm³/mol. The van der Waals surface area contributed by atoms with Crippen LogP contribution in [0, 0.1) is 6.92 Å². The van der Waals surface area contributed by atoms with Crippen molar-refractivity contribution in [1.82, 2.24) is 14.7 Å². The Morgan fingerprint density at radius 3 is 2.78 bits per heavy atom. The van der Waals surface area contributed by atoms with Crippen LogP contribution in [-0.2, 0) is 29.4 Å². The summed E-state index contributed by atoms with van der Waals surface area (Å²) in [6.07, 6.45) is 4.31. The summed E-state index contributed by atoms with van der Waals surface area (Å²) in [6, 6.07) is 0. The molecule has 1 heterocycles. The van der Waals surface area contributed by atoms with Crippen molar-refractivity contribution in [3.8, 4) is 0 Å². The number of hydrogen-bond acceptors (Lipinski definition) is 4. The molecular formula is C12H17N3O2S. The molecule has 6 heteroatoms. The van der Waals surface area contributed by atoms with Gasteiger partial charge in [0.05, 0.1) is 6.54 Å². The number of fused-ring (bicyclic) bond motifs is 1. The van der Waals surface area contributed by atoms with E-state index in [1.54, 1.807) is 0 Å². The molecule has 0 saturated carbocycles. The second kappa shape index (κ2) is 5.16. The maximum Gasteiger partial charge on any atom is 0.233 e. The van der Waals surface area contributed by atoms with Gasteiger partial charge in [0.1, 0.15) is 5.82 Å². The molecule has 0 fully saturated rings. The molecule has 1 aromatic heterocycles. The lowest BCUT2D eigenvalue weighted by Crippen LogP contribution is -2.23. The van der Waals surface area contributed by atoms with Gasteiger partial charge in [-0.25, -0.2) is 23.1 Å². The fourth-order valence-electron chi connectivity index (χ4n) is 2.15. The molecule has 1 aliphatic rings. The largest absolute Gasteiger partial charge is 0.237 e. The van der Waals surface area contributed by atoms with E-state index in [1.165, 1.54) is 12.0 Å². The molecule has 2 rings (SSSR count). The van der Waals surface area contributed by atoms with Crippen LogP contribution < -0.4 is 4.72 Å². The van der Waals surface area contributed by atoms with Gasteiger partial charge in [-0.3, -0.25) is 0 Å². The van der Waals surface area contributed by atoms with Gasteiger partial charge in [0.15, 0.2) is 0 Å². The van der Waals surface area contributed by atoms with Crippen LogP contribution in [0.5, 0.6) is 0 Å². The molecular weight excluding hydrogens is 250 g/mol. The minimum Gasteiger partial charge on any atom is -0.237 e. The third-order valence-corrected chi connectivity index (χ3v) is 4.07. The number of nitrogens with zero attached hydrogens (tertiary/aromatic N) is 2. The van der Waals surface area contributed by atoms with Crippen molar-refractivity contribution in [3.05, 3.63) is 34.8 Å². The lowest BCUT2D eigenvalue weighted by Gasteiger charge is -2.17. The molecule has 0 bridgehead atoms. The van der Waals surface area contributed by atoms with E-state index in [1.807, 2.05) is 6.92 Å². The first-order chi connectivity index (χ1) is 8.52. The Bertz CT molecular complexity index is 567. The van der Waals surface area contributed by atoms with Gasteiger partial charge < -0.3 is 0 Å². The molecule has 0 atom stereocenters. The molecule has 5 nitrogen and oxygen atoms in total. The van der Waals surface area contributed by atoms with Gasteiger partial charge in [-0.1, -0.05) is 6.58 Å². The lowest BCUT2D eigenvalue weighted by molar-refractivity contribution is 0.586. The first-order valence-corrected chi connectivity index (χ1v) is 7.54. The highest BCUT2D eigenvalue weighted by molar-refractivity contribution is 7.92. The Hall–Kier alpha value is -1.27. The number of nitrogens with one attached hydrogen (secondary N) is 1. The minimum absolute atomic E-state index is 0.114. The SMILES string of the molecule is C=CS(=O)(=O)NCc1nc(C)c2c(n1)CCCC2. The van der Waals surface area contributed by atoms with Crippen LogP contribution in [0.4, 0.5) is 0 Å². The second-order valence-electron chi connectivity index (χ2n) is 4.39. The van der Waals surface area contributed by atoms with Gasteiger partial charge in [0, 0.05) is 16.8 Å². The highest BCUT2D eigenvalue weighted by atomic mass is 32.2. The Kier molecular flexibility index (Phi) is 3.77.